The topological polar surface area (TPSA) is 90.7 Å². The summed E-state index contributed by atoms with van der Waals surface area (Å²) in [5.41, 5.74) is 0.171. The lowest BCUT2D eigenvalue weighted by molar-refractivity contribution is -0.141. The molecule has 30 heavy (non-hydrogen) atoms. The Bertz CT molecular complexity index is 1140. The molecule has 2 heterocycles. The zero-order chi connectivity index (χ0) is 21.1. The van der Waals surface area contributed by atoms with Crippen molar-refractivity contribution >= 4 is 22.6 Å². The van der Waals surface area contributed by atoms with Gasteiger partial charge in [0.1, 0.15) is 0 Å². The maximum atomic E-state index is 12.9. The second kappa shape index (κ2) is 8.46. The third-order valence-corrected chi connectivity index (χ3v) is 4.92. The molecule has 8 nitrogen and oxygen atoms in total. The monoisotopic (exact) mass is 407 g/mol. The van der Waals surface area contributed by atoms with Crippen LogP contribution in [-0.4, -0.2) is 59.0 Å². The van der Waals surface area contributed by atoms with E-state index in [0.29, 0.717) is 36.2 Å². The van der Waals surface area contributed by atoms with Gasteiger partial charge < -0.3 is 14.4 Å². The number of nitrogens with zero attached hydrogens (tertiary/aromatic N) is 3. The van der Waals surface area contributed by atoms with Crippen molar-refractivity contribution in [3.05, 3.63) is 70.6 Å². The molecule has 0 aliphatic carbocycles. The molecule has 0 spiro atoms. The quantitative estimate of drug-likeness (QED) is 0.613. The predicted octanol–water partition coefficient (Wildman–Crippen LogP) is 1.79. The molecular formula is C22H21N3O5. The van der Waals surface area contributed by atoms with E-state index in [-0.39, 0.29) is 23.3 Å². The molecule has 1 aliphatic heterocycles. The molecule has 2 aromatic carbocycles. The Hall–Kier alpha value is -3.52. The lowest BCUT2D eigenvalue weighted by Gasteiger charge is -2.30. The fourth-order valence-corrected chi connectivity index (χ4v) is 3.42. The first kappa shape index (κ1) is 19.8. The van der Waals surface area contributed by atoms with Crippen LogP contribution in [-0.2, 0) is 14.3 Å². The summed E-state index contributed by atoms with van der Waals surface area (Å²) in [5.74, 6) is -1.05. The summed E-state index contributed by atoms with van der Waals surface area (Å²) >= 11 is 0. The lowest BCUT2D eigenvalue weighted by Crippen LogP contribution is -2.46. The van der Waals surface area contributed by atoms with Gasteiger partial charge in [0.15, 0.2) is 12.3 Å². The minimum atomic E-state index is -0.759. The number of para-hydroxylation sites is 1. The maximum Gasteiger partial charge on any atom is 0.359 e. The van der Waals surface area contributed by atoms with Gasteiger partial charge in [-0.1, -0.05) is 36.4 Å². The Labute approximate surface area is 172 Å². The number of fused-ring (bicyclic) bond motifs is 1. The molecule has 8 heteroatoms. The normalized spacial score (nSPS) is 16.4. The summed E-state index contributed by atoms with van der Waals surface area (Å²) in [6, 6.07) is 15.5. The molecule has 1 unspecified atom stereocenters. The fourth-order valence-electron chi connectivity index (χ4n) is 3.42. The third kappa shape index (κ3) is 3.95. The summed E-state index contributed by atoms with van der Waals surface area (Å²) in [6.45, 7) is 2.85. The number of carbonyl (C=O) groups excluding carboxylic acids is 2. The molecule has 0 saturated carbocycles. The number of esters is 1. The van der Waals surface area contributed by atoms with Crippen LogP contribution in [0.15, 0.2) is 59.4 Å². The van der Waals surface area contributed by atoms with Gasteiger partial charge in [0.25, 0.3) is 11.5 Å². The molecule has 0 N–H and O–H groups in total. The zero-order valence-electron chi connectivity index (χ0n) is 16.5. The number of hydrogen-bond acceptors (Lipinski definition) is 6. The van der Waals surface area contributed by atoms with Crippen molar-refractivity contribution in [1.82, 2.24) is 14.7 Å². The van der Waals surface area contributed by atoms with Crippen molar-refractivity contribution < 1.29 is 19.1 Å². The van der Waals surface area contributed by atoms with E-state index < -0.39 is 12.6 Å². The maximum absolute atomic E-state index is 12.9. The number of rotatable bonds is 4. The first-order valence-electron chi connectivity index (χ1n) is 9.68. The van der Waals surface area contributed by atoms with Gasteiger partial charge in [-0.25, -0.2) is 4.79 Å². The highest BCUT2D eigenvalue weighted by molar-refractivity contribution is 6.02. The van der Waals surface area contributed by atoms with Crippen LogP contribution in [0.4, 0.5) is 0 Å². The van der Waals surface area contributed by atoms with E-state index >= 15 is 0 Å². The van der Waals surface area contributed by atoms with Gasteiger partial charge in [0, 0.05) is 18.5 Å². The smallest absolute Gasteiger partial charge is 0.359 e. The Balaban J connectivity index is 1.63. The Kier molecular flexibility index (Phi) is 5.58. The standard InChI is InChI=1S/C22H21N3O5/c1-15-13-24(11-12-29-15)19(26)14-30-22(28)20-17-9-5-6-10-18(17)21(27)25(23-20)16-7-3-2-4-8-16/h2-10,15H,11-14H2,1H3. The molecule has 4 rings (SSSR count). The Morgan fingerprint density at radius 3 is 2.53 bits per heavy atom. The molecular weight excluding hydrogens is 386 g/mol. The molecule has 1 saturated heterocycles. The summed E-state index contributed by atoms with van der Waals surface area (Å²) in [6.07, 6.45) is -0.0570. The first-order chi connectivity index (χ1) is 14.5. The molecule has 1 aromatic heterocycles. The zero-order valence-corrected chi connectivity index (χ0v) is 16.5. The van der Waals surface area contributed by atoms with Crippen LogP contribution in [0.1, 0.15) is 17.4 Å². The summed E-state index contributed by atoms with van der Waals surface area (Å²) < 4.78 is 11.9. The molecule has 1 atom stereocenters. The second-order valence-corrected chi connectivity index (χ2v) is 7.04. The van der Waals surface area contributed by atoms with E-state index in [1.807, 2.05) is 13.0 Å². The fraction of sp³-hybridized carbons (Fsp3) is 0.273. The molecule has 154 valence electrons. The minimum absolute atomic E-state index is 0.0165. The minimum Gasteiger partial charge on any atom is -0.451 e. The van der Waals surface area contributed by atoms with Crippen LogP contribution < -0.4 is 5.56 Å². The SMILES string of the molecule is CC1CN(C(=O)COC(=O)c2nn(-c3ccccc3)c(=O)c3ccccc23)CCO1. The number of amides is 1. The average Bonchev–Trinajstić information content (AvgIpc) is 2.78. The number of morpholine rings is 1. The summed E-state index contributed by atoms with van der Waals surface area (Å²) in [5, 5.41) is 4.98. The van der Waals surface area contributed by atoms with Crippen molar-refractivity contribution in [2.75, 3.05) is 26.3 Å². The van der Waals surface area contributed by atoms with Gasteiger partial charge in [-0.2, -0.15) is 9.78 Å². The average molecular weight is 407 g/mol. The van der Waals surface area contributed by atoms with Crippen molar-refractivity contribution in [2.45, 2.75) is 13.0 Å². The van der Waals surface area contributed by atoms with E-state index in [9.17, 15) is 14.4 Å². The number of hydrogen-bond donors (Lipinski definition) is 0. The van der Waals surface area contributed by atoms with Gasteiger partial charge >= 0.3 is 5.97 Å². The largest absolute Gasteiger partial charge is 0.451 e. The van der Waals surface area contributed by atoms with E-state index in [0.717, 1.165) is 0 Å². The van der Waals surface area contributed by atoms with Crippen molar-refractivity contribution in [1.29, 1.82) is 0 Å². The Morgan fingerprint density at radius 1 is 1.10 bits per heavy atom. The van der Waals surface area contributed by atoms with Crippen LogP contribution in [0.3, 0.4) is 0 Å². The van der Waals surface area contributed by atoms with E-state index in [1.165, 1.54) is 4.68 Å². The van der Waals surface area contributed by atoms with Crippen LogP contribution in [0.5, 0.6) is 0 Å². The van der Waals surface area contributed by atoms with Gasteiger partial charge in [-0.05, 0) is 25.1 Å². The van der Waals surface area contributed by atoms with Gasteiger partial charge in [-0.3, -0.25) is 9.59 Å². The third-order valence-electron chi connectivity index (χ3n) is 4.92. The van der Waals surface area contributed by atoms with E-state index in [4.69, 9.17) is 9.47 Å². The molecule has 0 bridgehead atoms. The number of ether oxygens (including phenoxy) is 2. The van der Waals surface area contributed by atoms with Crippen molar-refractivity contribution in [3.8, 4) is 5.69 Å². The summed E-state index contributed by atoms with van der Waals surface area (Å²) in [4.78, 5) is 39.7. The van der Waals surface area contributed by atoms with E-state index in [1.54, 1.807) is 53.4 Å². The van der Waals surface area contributed by atoms with Crippen LogP contribution in [0.25, 0.3) is 16.5 Å². The van der Waals surface area contributed by atoms with Gasteiger partial charge in [0.2, 0.25) is 0 Å². The second-order valence-electron chi connectivity index (χ2n) is 7.04. The first-order valence-corrected chi connectivity index (χ1v) is 9.68. The van der Waals surface area contributed by atoms with Crippen molar-refractivity contribution in [3.63, 3.8) is 0 Å². The lowest BCUT2D eigenvalue weighted by atomic mass is 10.1. The molecule has 1 fully saturated rings. The van der Waals surface area contributed by atoms with Crippen molar-refractivity contribution in [2.24, 2.45) is 0 Å². The molecule has 1 aliphatic rings. The highest BCUT2D eigenvalue weighted by atomic mass is 16.5. The van der Waals surface area contributed by atoms with Crippen LogP contribution in [0.2, 0.25) is 0 Å². The van der Waals surface area contributed by atoms with Gasteiger partial charge in [0.05, 0.1) is 23.8 Å². The highest BCUT2D eigenvalue weighted by Gasteiger charge is 2.24. The van der Waals surface area contributed by atoms with Crippen LogP contribution >= 0.6 is 0 Å². The Morgan fingerprint density at radius 2 is 1.80 bits per heavy atom. The highest BCUT2D eigenvalue weighted by Crippen LogP contribution is 2.16. The summed E-state index contributed by atoms with van der Waals surface area (Å²) in [7, 11) is 0. The predicted molar refractivity (Wildman–Crippen MR) is 110 cm³/mol. The molecule has 1 amide bonds. The van der Waals surface area contributed by atoms with Gasteiger partial charge in [-0.15, -0.1) is 0 Å². The molecule has 3 aromatic rings. The number of aromatic nitrogens is 2. The molecule has 0 radical (unpaired) electrons. The van der Waals surface area contributed by atoms with E-state index in [2.05, 4.69) is 5.10 Å². The van der Waals surface area contributed by atoms with Crippen LogP contribution in [0, 0.1) is 0 Å². The number of benzene rings is 2. The number of carbonyl (C=O) groups is 2.